The SMILES string of the molecule is CC1(C)CCC(Nc2cc(C(F)(F)F)cc(Cl)n2)C1. The van der Waals surface area contributed by atoms with Gasteiger partial charge in [-0.25, -0.2) is 4.98 Å². The largest absolute Gasteiger partial charge is 0.416 e. The van der Waals surface area contributed by atoms with E-state index in [9.17, 15) is 13.2 Å². The van der Waals surface area contributed by atoms with Gasteiger partial charge in [0.1, 0.15) is 11.0 Å². The fourth-order valence-corrected chi connectivity index (χ4v) is 2.71. The zero-order valence-corrected chi connectivity index (χ0v) is 11.6. The summed E-state index contributed by atoms with van der Waals surface area (Å²) < 4.78 is 38.0. The Morgan fingerprint density at radius 3 is 2.58 bits per heavy atom. The van der Waals surface area contributed by atoms with Crippen molar-refractivity contribution in [1.82, 2.24) is 4.98 Å². The second-order valence-corrected chi connectivity index (χ2v) is 6.20. The molecule has 1 aliphatic carbocycles. The van der Waals surface area contributed by atoms with Gasteiger partial charge in [-0.15, -0.1) is 0 Å². The molecule has 1 aromatic heterocycles. The first kappa shape index (κ1) is 14.4. The van der Waals surface area contributed by atoms with Gasteiger partial charge in [-0.1, -0.05) is 25.4 Å². The second kappa shape index (κ2) is 4.85. The lowest BCUT2D eigenvalue weighted by atomic mass is 9.92. The molecule has 0 saturated heterocycles. The van der Waals surface area contributed by atoms with E-state index in [-0.39, 0.29) is 22.4 Å². The fourth-order valence-electron chi connectivity index (χ4n) is 2.50. The average molecular weight is 293 g/mol. The fraction of sp³-hybridized carbons (Fsp3) is 0.615. The van der Waals surface area contributed by atoms with Gasteiger partial charge in [-0.05, 0) is 36.8 Å². The van der Waals surface area contributed by atoms with E-state index in [0.717, 1.165) is 31.4 Å². The molecule has 19 heavy (non-hydrogen) atoms. The van der Waals surface area contributed by atoms with Gasteiger partial charge in [-0.3, -0.25) is 0 Å². The summed E-state index contributed by atoms with van der Waals surface area (Å²) in [6.07, 6.45) is -1.50. The van der Waals surface area contributed by atoms with Gasteiger partial charge in [0.25, 0.3) is 0 Å². The Labute approximate surface area is 115 Å². The Bertz CT molecular complexity index is 471. The van der Waals surface area contributed by atoms with Crippen LogP contribution in [0.3, 0.4) is 0 Å². The number of nitrogens with one attached hydrogen (secondary N) is 1. The molecule has 106 valence electrons. The highest BCUT2D eigenvalue weighted by molar-refractivity contribution is 6.29. The number of nitrogens with zero attached hydrogens (tertiary/aromatic N) is 1. The number of halogens is 4. The molecule has 1 saturated carbocycles. The van der Waals surface area contributed by atoms with Crippen molar-refractivity contribution in [3.8, 4) is 0 Å². The van der Waals surface area contributed by atoms with Gasteiger partial charge in [0.05, 0.1) is 5.56 Å². The lowest BCUT2D eigenvalue weighted by Crippen LogP contribution is -2.19. The van der Waals surface area contributed by atoms with E-state index in [1.165, 1.54) is 0 Å². The van der Waals surface area contributed by atoms with Crippen LogP contribution in [0.4, 0.5) is 19.0 Å². The van der Waals surface area contributed by atoms with Gasteiger partial charge < -0.3 is 5.32 Å². The predicted molar refractivity (Wildman–Crippen MR) is 69.3 cm³/mol. The Kier molecular flexibility index (Phi) is 3.69. The Morgan fingerprint density at radius 1 is 1.37 bits per heavy atom. The summed E-state index contributed by atoms with van der Waals surface area (Å²) in [6.45, 7) is 4.31. The van der Waals surface area contributed by atoms with E-state index in [2.05, 4.69) is 24.1 Å². The molecule has 0 bridgehead atoms. The number of hydrogen-bond donors (Lipinski definition) is 1. The number of aromatic nitrogens is 1. The lowest BCUT2D eigenvalue weighted by Gasteiger charge is -2.18. The van der Waals surface area contributed by atoms with Gasteiger partial charge in [-0.2, -0.15) is 13.2 Å². The smallest absolute Gasteiger partial charge is 0.367 e. The molecule has 2 nitrogen and oxygen atoms in total. The predicted octanol–water partition coefficient (Wildman–Crippen LogP) is 4.74. The Balaban J connectivity index is 2.15. The van der Waals surface area contributed by atoms with Crippen molar-refractivity contribution < 1.29 is 13.2 Å². The quantitative estimate of drug-likeness (QED) is 0.796. The van der Waals surface area contributed by atoms with Crippen molar-refractivity contribution in [1.29, 1.82) is 0 Å². The summed E-state index contributed by atoms with van der Waals surface area (Å²) >= 11 is 5.65. The van der Waals surface area contributed by atoms with Crippen LogP contribution in [0.1, 0.15) is 38.7 Å². The summed E-state index contributed by atoms with van der Waals surface area (Å²) in [5.74, 6) is 0.197. The molecule has 6 heteroatoms. The summed E-state index contributed by atoms with van der Waals surface area (Å²) in [4.78, 5) is 3.91. The van der Waals surface area contributed by atoms with Crippen LogP contribution in [0.25, 0.3) is 0 Å². The second-order valence-electron chi connectivity index (χ2n) is 5.81. The minimum Gasteiger partial charge on any atom is -0.367 e. The zero-order chi connectivity index (χ0) is 14.3. The van der Waals surface area contributed by atoms with Gasteiger partial charge >= 0.3 is 6.18 Å². The average Bonchev–Trinajstić information content (AvgIpc) is 2.55. The third kappa shape index (κ3) is 3.75. The van der Waals surface area contributed by atoms with Crippen LogP contribution in [0, 0.1) is 5.41 Å². The number of alkyl halides is 3. The summed E-state index contributed by atoms with van der Waals surface area (Å²) in [5.41, 5.74) is -0.546. The molecule has 1 N–H and O–H groups in total. The van der Waals surface area contributed by atoms with E-state index in [1.807, 2.05) is 0 Å². The minimum absolute atomic E-state index is 0.144. The van der Waals surface area contributed by atoms with Crippen molar-refractivity contribution in [3.05, 3.63) is 22.8 Å². The summed E-state index contributed by atoms with van der Waals surface area (Å²) in [5, 5.41) is 2.91. The van der Waals surface area contributed by atoms with Crippen molar-refractivity contribution >= 4 is 17.4 Å². The first-order valence-corrected chi connectivity index (χ1v) is 6.55. The molecular weight excluding hydrogens is 277 g/mol. The first-order valence-electron chi connectivity index (χ1n) is 6.17. The maximum atomic E-state index is 12.7. The van der Waals surface area contributed by atoms with Crippen molar-refractivity contribution in [2.24, 2.45) is 5.41 Å². The topological polar surface area (TPSA) is 24.9 Å². The van der Waals surface area contributed by atoms with Gasteiger partial charge in [0.15, 0.2) is 0 Å². The van der Waals surface area contributed by atoms with E-state index in [4.69, 9.17) is 11.6 Å². The first-order chi connectivity index (χ1) is 8.66. The molecular formula is C13H16ClF3N2. The number of anilines is 1. The van der Waals surface area contributed by atoms with Crippen LogP contribution < -0.4 is 5.32 Å². The standard InChI is InChI=1S/C13H16ClF3N2/c1-12(2)4-3-9(7-12)18-11-6-8(13(15,16)17)5-10(14)19-11/h5-6,9H,3-4,7H2,1-2H3,(H,18,19). The molecule has 1 unspecified atom stereocenters. The lowest BCUT2D eigenvalue weighted by molar-refractivity contribution is -0.137. The number of rotatable bonds is 2. The molecule has 1 fully saturated rings. The van der Waals surface area contributed by atoms with E-state index >= 15 is 0 Å². The molecule has 0 radical (unpaired) electrons. The van der Waals surface area contributed by atoms with Crippen molar-refractivity contribution in [2.75, 3.05) is 5.32 Å². The maximum absolute atomic E-state index is 12.7. The van der Waals surface area contributed by atoms with Gasteiger partial charge in [0, 0.05) is 6.04 Å². The monoisotopic (exact) mass is 292 g/mol. The Hall–Kier alpha value is -0.970. The summed E-state index contributed by atoms with van der Waals surface area (Å²) in [6, 6.07) is 2.00. The molecule has 0 amide bonds. The molecule has 0 spiro atoms. The normalized spacial score (nSPS) is 22.5. The zero-order valence-electron chi connectivity index (χ0n) is 10.8. The molecule has 1 aliphatic rings. The molecule has 1 aromatic rings. The van der Waals surface area contributed by atoms with Crippen molar-refractivity contribution in [2.45, 2.75) is 45.3 Å². The third-order valence-corrected chi connectivity index (χ3v) is 3.64. The van der Waals surface area contributed by atoms with Crippen molar-refractivity contribution in [3.63, 3.8) is 0 Å². The van der Waals surface area contributed by atoms with Crippen LogP contribution in [0.15, 0.2) is 12.1 Å². The van der Waals surface area contributed by atoms with Crippen LogP contribution in [-0.2, 0) is 6.18 Å². The minimum atomic E-state index is -4.40. The number of hydrogen-bond acceptors (Lipinski definition) is 2. The molecule has 0 aromatic carbocycles. The molecule has 1 heterocycles. The van der Waals surface area contributed by atoms with Crippen LogP contribution in [-0.4, -0.2) is 11.0 Å². The van der Waals surface area contributed by atoms with Crippen LogP contribution in [0.2, 0.25) is 5.15 Å². The van der Waals surface area contributed by atoms with E-state index < -0.39 is 11.7 Å². The van der Waals surface area contributed by atoms with Crippen LogP contribution >= 0.6 is 11.6 Å². The highest BCUT2D eigenvalue weighted by atomic mass is 35.5. The van der Waals surface area contributed by atoms with Gasteiger partial charge in [0.2, 0.25) is 0 Å². The molecule has 0 aliphatic heterocycles. The molecule has 2 rings (SSSR count). The third-order valence-electron chi connectivity index (χ3n) is 3.44. The van der Waals surface area contributed by atoms with Crippen LogP contribution in [0.5, 0.6) is 0 Å². The summed E-state index contributed by atoms with van der Waals surface area (Å²) in [7, 11) is 0. The highest BCUT2D eigenvalue weighted by Gasteiger charge is 2.33. The maximum Gasteiger partial charge on any atom is 0.416 e. The number of pyridine rings is 1. The van der Waals surface area contributed by atoms with E-state index in [0.29, 0.717) is 0 Å². The molecule has 1 atom stereocenters. The highest BCUT2D eigenvalue weighted by Crippen LogP contribution is 2.39. The van der Waals surface area contributed by atoms with E-state index in [1.54, 1.807) is 0 Å². The Morgan fingerprint density at radius 2 is 2.05 bits per heavy atom.